The molecule has 1 aromatic carbocycles. The summed E-state index contributed by atoms with van der Waals surface area (Å²) in [6, 6.07) is 7.92. The Hall–Kier alpha value is -2.56. The lowest BCUT2D eigenvalue weighted by atomic mass is 9.98. The summed E-state index contributed by atoms with van der Waals surface area (Å²) in [4.78, 5) is 32.0. The van der Waals surface area contributed by atoms with E-state index in [0.717, 1.165) is 22.4 Å². The molecule has 2 amide bonds. The number of carbonyl (C=O) groups is 2. The zero-order chi connectivity index (χ0) is 18.0. The molecule has 1 saturated heterocycles. The molecule has 5 heteroatoms. The van der Waals surface area contributed by atoms with E-state index in [4.69, 9.17) is 0 Å². The molecule has 1 aliphatic rings. The van der Waals surface area contributed by atoms with Crippen LogP contribution >= 0.6 is 0 Å². The molecule has 132 valence electrons. The van der Waals surface area contributed by atoms with Gasteiger partial charge in [0.1, 0.15) is 0 Å². The highest BCUT2D eigenvalue weighted by atomic mass is 16.2. The summed E-state index contributed by atoms with van der Waals surface area (Å²) in [5, 5.41) is 0. The van der Waals surface area contributed by atoms with Crippen molar-refractivity contribution >= 4 is 11.8 Å². The topological polar surface area (TPSA) is 56.4 Å². The molecule has 0 aliphatic carbocycles. The van der Waals surface area contributed by atoms with Crippen LogP contribution in [0.15, 0.2) is 30.5 Å². The molecule has 3 rings (SSSR count). The van der Waals surface area contributed by atoms with E-state index >= 15 is 0 Å². The van der Waals surface area contributed by atoms with Crippen molar-refractivity contribution in [3.63, 3.8) is 0 Å². The van der Waals surface area contributed by atoms with Crippen molar-refractivity contribution in [1.82, 2.24) is 14.8 Å². The predicted octanol–water partition coefficient (Wildman–Crippen LogP) is 2.47. The normalized spacial score (nSPS) is 14.7. The van der Waals surface area contributed by atoms with Crippen LogP contribution in [0.1, 0.15) is 32.7 Å². The molecule has 1 aromatic heterocycles. The van der Waals surface area contributed by atoms with Crippen molar-refractivity contribution in [1.29, 1.82) is 0 Å². The van der Waals surface area contributed by atoms with E-state index in [1.807, 2.05) is 48.9 Å². The number of aromatic nitrogens is 1. The van der Waals surface area contributed by atoms with Crippen molar-refractivity contribution in [2.45, 2.75) is 27.2 Å². The number of benzene rings is 1. The number of aryl methyl sites for hydroxylation is 3. The van der Waals surface area contributed by atoms with Crippen LogP contribution in [0.25, 0.3) is 0 Å². The molecule has 1 fully saturated rings. The molecule has 1 N–H and O–H groups in total. The van der Waals surface area contributed by atoms with Crippen molar-refractivity contribution in [3.8, 4) is 0 Å². The van der Waals surface area contributed by atoms with E-state index in [1.54, 1.807) is 0 Å². The first-order valence-corrected chi connectivity index (χ1v) is 8.73. The fourth-order valence-corrected chi connectivity index (χ4v) is 3.59. The summed E-state index contributed by atoms with van der Waals surface area (Å²) in [5.41, 5.74) is 4.94. The van der Waals surface area contributed by atoms with E-state index < -0.39 is 0 Å². The lowest BCUT2D eigenvalue weighted by Gasteiger charge is -2.35. The van der Waals surface area contributed by atoms with Gasteiger partial charge in [0.25, 0.3) is 5.91 Å². The number of hydrogen-bond donors (Lipinski definition) is 1. The number of rotatable bonds is 3. The van der Waals surface area contributed by atoms with Gasteiger partial charge < -0.3 is 14.8 Å². The third-order valence-electron chi connectivity index (χ3n) is 4.81. The summed E-state index contributed by atoms with van der Waals surface area (Å²) in [6.07, 6.45) is 2.21. The van der Waals surface area contributed by atoms with Gasteiger partial charge in [-0.3, -0.25) is 9.59 Å². The van der Waals surface area contributed by atoms with Crippen molar-refractivity contribution in [3.05, 3.63) is 58.4 Å². The number of piperazine rings is 1. The van der Waals surface area contributed by atoms with Crippen molar-refractivity contribution in [2.75, 3.05) is 26.2 Å². The Balaban J connectivity index is 1.62. The fourth-order valence-electron chi connectivity index (χ4n) is 3.59. The van der Waals surface area contributed by atoms with Gasteiger partial charge in [-0.1, -0.05) is 17.7 Å². The maximum atomic E-state index is 12.9. The number of nitrogens with one attached hydrogen (secondary N) is 1. The molecule has 0 saturated carbocycles. The van der Waals surface area contributed by atoms with Crippen LogP contribution in [-0.4, -0.2) is 52.8 Å². The third kappa shape index (κ3) is 3.76. The highest BCUT2D eigenvalue weighted by molar-refractivity contribution is 5.97. The smallest absolute Gasteiger partial charge is 0.254 e. The monoisotopic (exact) mass is 339 g/mol. The van der Waals surface area contributed by atoms with Gasteiger partial charge in [-0.05, 0) is 44.0 Å². The molecular weight excluding hydrogens is 314 g/mol. The molecule has 0 radical (unpaired) electrons. The first kappa shape index (κ1) is 17.3. The van der Waals surface area contributed by atoms with Gasteiger partial charge in [-0.15, -0.1) is 0 Å². The molecule has 0 unspecified atom stereocenters. The van der Waals surface area contributed by atoms with E-state index in [-0.39, 0.29) is 11.8 Å². The Morgan fingerprint density at radius 2 is 1.60 bits per heavy atom. The fraction of sp³-hybridized carbons (Fsp3) is 0.400. The average molecular weight is 339 g/mol. The van der Waals surface area contributed by atoms with Crippen LogP contribution in [0.2, 0.25) is 0 Å². The molecule has 2 aromatic rings. The van der Waals surface area contributed by atoms with Gasteiger partial charge in [0, 0.05) is 43.6 Å². The molecule has 0 atom stereocenters. The molecular formula is C20H25N3O2. The standard InChI is InChI=1S/C20H25N3O2/c1-14-11-15(2)19(16(3)12-14)20(25)23-9-7-22(8-10-23)18(24)13-17-5-4-6-21-17/h4-6,11-12,21H,7-10,13H2,1-3H3. The lowest BCUT2D eigenvalue weighted by molar-refractivity contribution is -0.132. The summed E-state index contributed by atoms with van der Waals surface area (Å²) >= 11 is 0. The zero-order valence-corrected chi connectivity index (χ0v) is 15.1. The quantitative estimate of drug-likeness (QED) is 0.934. The van der Waals surface area contributed by atoms with E-state index in [9.17, 15) is 9.59 Å². The molecule has 1 aliphatic heterocycles. The Morgan fingerprint density at radius 1 is 1.00 bits per heavy atom. The molecule has 0 bridgehead atoms. The molecule has 25 heavy (non-hydrogen) atoms. The number of H-pyrrole nitrogens is 1. The highest BCUT2D eigenvalue weighted by Gasteiger charge is 2.26. The Kier molecular flexibility index (Phi) is 4.93. The number of carbonyl (C=O) groups excluding carboxylic acids is 2. The molecule has 2 heterocycles. The van der Waals surface area contributed by atoms with Crippen LogP contribution in [-0.2, 0) is 11.2 Å². The minimum absolute atomic E-state index is 0.0754. The second-order valence-corrected chi connectivity index (χ2v) is 6.82. The highest BCUT2D eigenvalue weighted by Crippen LogP contribution is 2.19. The third-order valence-corrected chi connectivity index (χ3v) is 4.81. The second-order valence-electron chi connectivity index (χ2n) is 6.82. The number of amides is 2. The average Bonchev–Trinajstić information content (AvgIpc) is 3.07. The summed E-state index contributed by atoms with van der Waals surface area (Å²) in [7, 11) is 0. The van der Waals surface area contributed by atoms with Crippen LogP contribution in [0.3, 0.4) is 0 Å². The summed E-state index contributed by atoms with van der Waals surface area (Å²) in [6.45, 7) is 8.38. The molecule has 0 spiro atoms. The Bertz CT molecular complexity index is 749. The first-order chi connectivity index (χ1) is 12.0. The van der Waals surface area contributed by atoms with Gasteiger partial charge in [-0.25, -0.2) is 0 Å². The molecule has 5 nitrogen and oxygen atoms in total. The van der Waals surface area contributed by atoms with Crippen LogP contribution < -0.4 is 0 Å². The minimum Gasteiger partial charge on any atom is -0.365 e. The summed E-state index contributed by atoms with van der Waals surface area (Å²) in [5.74, 6) is 0.184. The predicted molar refractivity (Wildman–Crippen MR) is 97.6 cm³/mol. The van der Waals surface area contributed by atoms with Gasteiger partial charge in [-0.2, -0.15) is 0 Å². The van der Waals surface area contributed by atoms with Gasteiger partial charge in [0.15, 0.2) is 0 Å². The summed E-state index contributed by atoms with van der Waals surface area (Å²) < 4.78 is 0. The van der Waals surface area contributed by atoms with Crippen molar-refractivity contribution in [2.24, 2.45) is 0 Å². The van der Waals surface area contributed by atoms with Gasteiger partial charge >= 0.3 is 0 Å². The maximum Gasteiger partial charge on any atom is 0.254 e. The lowest BCUT2D eigenvalue weighted by Crippen LogP contribution is -2.51. The van der Waals surface area contributed by atoms with Crippen molar-refractivity contribution < 1.29 is 9.59 Å². The minimum atomic E-state index is 0.0754. The van der Waals surface area contributed by atoms with E-state index in [1.165, 1.54) is 5.56 Å². The number of aromatic amines is 1. The largest absolute Gasteiger partial charge is 0.365 e. The SMILES string of the molecule is Cc1cc(C)c(C(=O)N2CCN(C(=O)Cc3ccc[nH]3)CC2)c(C)c1. The van der Waals surface area contributed by atoms with E-state index in [2.05, 4.69) is 17.1 Å². The maximum absolute atomic E-state index is 12.9. The Morgan fingerprint density at radius 3 is 2.16 bits per heavy atom. The van der Waals surface area contributed by atoms with Crippen LogP contribution in [0, 0.1) is 20.8 Å². The van der Waals surface area contributed by atoms with Crippen LogP contribution in [0.5, 0.6) is 0 Å². The number of hydrogen-bond acceptors (Lipinski definition) is 2. The zero-order valence-electron chi connectivity index (χ0n) is 15.1. The van der Waals surface area contributed by atoms with Gasteiger partial charge in [0.2, 0.25) is 5.91 Å². The van der Waals surface area contributed by atoms with E-state index in [0.29, 0.717) is 32.6 Å². The van der Waals surface area contributed by atoms with Gasteiger partial charge in [0.05, 0.1) is 6.42 Å². The number of nitrogens with zero attached hydrogens (tertiary/aromatic N) is 2. The Labute approximate surface area is 148 Å². The van der Waals surface area contributed by atoms with Crippen LogP contribution in [0.4, 0.5) is 0 Å². The second kappa shape index (κ2) is 7.13. The first-order valence-electron chi connectivity index (χ1n) is 8.73.